The van der Waals surface area contributed by atoms with Gasteiger partial charge in [-0.2, -0.15) is 13.2 Å². The summed E-state index contributed by atoms with van der Waals surface area (Å²) in [5.41, 5.74) is 1.30. The number of hydrogen-bond acceptors (Lipinski definition) is 3. The number of nitrogens with zero attached hydrogens (tertiary/aromatic N) is 2. The summed E-state index contributed by atoms with van der Waals surface area (Å²) in [6.45, 7) is 0.704. The second-order valence-electron chi connectivity index (χ2n) is 6.66. The number of amides is 1. The van der Waals surface area contributed by atoms with Gasteiger partial charge in [0.25, 0.3) is 5.91 Å². The highest BCUT2D eigenvalue weighted by molar-refractivity contribution is 7.14. The number of hydrogen-bond donors (Lipinski definition) is 0. The highest BCUT2D eigenvalue weighted by Gasteiger charge is 2.32. The number of halogens is 3. The van der Waals surface area contributed by atoms with Gasteiger partial charge in [-0.3, -0.25) is 9.69 Å². The lowest BCUT2D eigenvalue weighted by Gasteiger charge is -2.22. The molecule has 1 aromatic heterocycles. The molecule has 0 bridgehead atoms. The van der Waals surface area contributed by atoms with Gasteiger partial charge in [-0.05, 0) is 43.7 Å². The summed E-state index contributed by atoms with van der Waals surface area (Å²) >= 11 is 1.58. The van der Waals surface area contributed by atoms with E-state index in [0.717, 1.165) is 17.7 Å². The molecule has 2 aliphatic rings. The molecule has 0 unspecified atom stereocenters. The SMILES string of the molecule is O=C(c1cc2c(s1)CCCCC2)N1CCCN(CC(F)(F)F)CC1. The van der Waals surface area contributed by atoms with E-state index in [4.69, 9.17) is 0 Å². The molecule has 1 aliphatic carbocycles. The van der Waals surface area contributed by atoms with Gasteiger partial charge in [0, 0.05) is 31.1 Å². The summed E-state index contributed by atoms with van der Waals surface area (Å²) in [4.78, 5) is 17.9. The van der Waals surface area contributed by atoms with Crippen molar-refractivity contribution >= 4 is 17.2 Å². The van der Waals surface area contributed by atoms with Crippen LogP contribution >= 0.6 is 11.3 Å². The first kappa shape index (κ1) is 17.7. The first-order chi connectivity index (χ1) is 11.4. The van der Waals surface area contributed by atoms with Crippen LogP contribution in [0.4, 0.5) is 13.2 Å². The zero-order valence-corrected chi connectivity index (χ0v) is 14.5. The number of rotatable bonds is 2. The van der Waals surface area contributed by atoms with E-state index in [2.05, 4.69) is 0 Å². The smallest absolute Gasteiger partial charge is 0.337 e. The van der Waals surface area contributed by atoms with Gasteiger partial charge in [-0.25, -0.2) is 0 Å². The molecule has 3 nitrogen and oxygen atoms in total. The molecular formula is C17H23F3N2OS. The van der Waals surface area contributed by atoms with Gasteiger partial charge < -0.3 is 4.90 Å². The fourth-order valence-corrected chi connectivity index (χ4v) is 4.74. The first-order valence-corrected chi connectivity index (χ1v) is 9.44. The quantitative estimate of drug-likeness (QED) is 0.751. The summed E-state index contributed by atoms with van der Waals surface area (Å²) < 4.78 is 37.6. The summed E-state index contributed by atoms with van der Waals surface area (Å²) in [7, 11) is 0. The molecule has 0 radical (unpaired) electrons. The lowest BCUT2D eigenvalue weighted by atomic mass is 10.1. The van der Waals surface area contributed by atoms with Crippen LogP contribution in [0.1, 0.15) is 45.8 Å². The van der Waals surface area contributed by atoms with E-state index in [1.54, 1.807) is 16.2 Å². The zero-order valence-electron chi connectivity index (χ0n) is 13.7. The third kappa shape index (κ3) is 4.51. The molecule has 1 aliphatic heterocycles. The highest BCUT2D eigenvalue weighted by atomic mass is 32.1. The Kier molecular flexibility index (Phi) is 5.49. The normalized spacial score (nSPS) is 20.4. The van der Waals surface area contributed by atoms with E-state index in [0.29, 0.717) is 26.1 Å². The first-order valence-electron chi connectivity index (χ1n) is 8.62. The van der Waals surface area contributed by atoms with Gasteiger partial charge in [0.15, 0.2) is 0 Å². The van der Waals surface area contributed by atoms with E-state index < -0.39 is 12.7 Å². The number of carbonyl (C=O) groups is 1. The lowest BCUT2D eigenvalue weighted by Crippen LogP contribution is -2.38. The monoisotopic (exact) mass is 360 g/mol. The molecular weight excluding hydrogens is 337 g/mol. The van der Waals surface area contributed by atoms with Crippen LogP contribution in [0.25, 0.3) is 0 Å². The average Bonchev–Trinajstić information content (AvgIpc) is 2.66. The molecule has 7 heteroatoms. The topological polar surface area (TPSA) is 23.6 Å². The van der Waals surface area contributed by atoms with E-state index in [1.165, 1.54) is 34.6 Å². The maximum atomic E-state index is 12.7. The van der Waals surface area contributed by atoms with Crippen LogP contribution in [0, 0.1) is 0 Å². The maximum Gasteiger partial charge on any atom is 0.401 e. The molecule has 0 aromatic carbocycles. The van der Waals surface area contributed by atoms with Crippen LogP contribution in [0.15, 0.2) is 6.07 Å². The predicted octanol–water partition coefficient (Wildman–Crippen LogP) is 3.73. The molecule has 1 amide bonds. The molecule has 24 heavy (non-hydrogen) atoms. The summed E-state index contributed by atoms with van der Waals surface area (Å²) in [5, 5.41) is 0. The Bertz CT molecular complexity index is 561. The molecule has 1 saturated heterocycles. The fourth-order valence-electron chi connectivity index (χ4n) is 3.51. The minimum Gasteiger partial charge on any atom is -0.337 e. The molecule has 0 atom stereocenters. The van der Waals surface area contributed by atoms with Gasteiger partial charge >= 0.3 is 6.18 Å². The summed E-state index contributed by atoms with van der Waals surface area (Å²) in [6.07, 6.45) is 2.10. The summed E-state index contributed by atoms with van der Waals surface area (Å²) in [6, 6.07) is 2.02. The predicted molar refractivity (Wildman–Crippen MR) is 88.6 cm³/mol. The Morgan fingerprint density at radius 1 is 1.04 bits per heavy atom. The molecule has 0 N–H and O–H groups in total. The van der Waals surface area contributed by atoms with Crippen LogP contribution in [0.5, 0.6) is 0 Å². The van der Waals surface area contributed by atoms with Crippen LogP contribution in [0.3, 0.4) is 0 Å². The fraction of sp³-hybridized carbons (Fsp3) is 0.706. The molecule has 134 valence electrons. The van der Waals surface area contributed by atoms with Crippen molar-refractivity contribution in [1.29, 1.82) is 0 Å². The van der Waals surface area contributed by atoms with Crippen molar-refractivity contribution in [1.82, 2.24) is 9.80 Å². The molecule has 3 rings (SSSR count). The van der Waals surface area contributed by atoms with Gasteiger partial charge in [-0.1, -0.05) is 6.42 Å². The van der Waals surface area contributed by atoms with E-state index >= 15 is 0 Å². The van der Waals surface area contributed by atoms with Crippen LogP contribution in [-0.4, -0.2) is 54.6 Å². The average molecular weight is 360 g/mol. The van der Waals surface area contributed by atoms with E-state index in [-0.39, 0.29) is 12.5 Å². The van der Waals surface area contributed by atoms with Crippen LogP contribution < -0.4 is 0 Å². The Morgan fingerprint density at radius 3 is 2.62 bits per heavy atom. The minimum atomic E-state index is -4.18. The third-order valence-corrected chi connectivity index (χ3v) is 5.96. The second-order valence-corrected chi connectivity index (χ2v) is 7.79. The van der Waals surface area contributed by atoms with Crippen LogP contribution in [0.2, 0.25) is 0 Å². The number of aryl methyl sites for hydroxylation is 2. The Morgan fingerprint density at radius 2 is 1.83 bits per heavy atom. The Balaban J connectivity index is 1.63. The standard InChI is InChI=1S/C17H23F3N2OS/c18-17(19,20)12-21-7-4-8-22(10-9-21)16(23)15-11-13-5-2-1-3-6-14(13)24-15/h11H,1-10,12H2. The molecule has 2 heterocycles. The van der Waals surface area contributed by atoms with E-state index in [1.807, 2.05) is 6.07 Å². The van der Waals surface area contributed by atoms with Crippen molar-refractivity contribution in [3.05, 3.63) is 21.4 Å². The van der Waals surface area contributed by atoms with Crippen molar-refractivity contribution in [2.75, 3.05) is 32.7 Å². The minimum absolute atomic E-state index is 0.0121. The number of thiophene rings is 1. The Hall–Kier alpha value is -1.08. The van der Waals surface area contributed by atoms with Crippen molar-refractivity contribution < 1.29 is 18.0 Å². The Labute approximate surface area is 144 Å². The van der Waals surface area contributed by atoms with Crippen molar-refractivity contribution in [3.63, 3.8) is 0 Å². The van der Waals surface area contributed by atoms with Gasteiger partial charge in [-0.15, -0.1) is 11.3 Å². The number of fused-ring (bicyclic) bond motifs is 1. The van der Waals surface area contributed by atoms with Gasteiger partial charge in [0.2, 0.25) is 0 Å². The molecule has 1 aromatic rings. The molecule has 1 fully saturated rings. The highest BCUT2D eigenvalue weighted by Crippen LogP contribution is 2.30. The molecule has 0 spiro atoms. The van der Waals surface area contributed by atoms with E-state index in [9.17, 15) is 18.0 Å². The zero-order chi connectivity index (χ0) is 17.2. The summed E-state index contributed by atoms with van der Waals surface area (Å²) in [5.74, 6) is -0.0121. The van der Waals surface area contributed by atoms with Crippen molar-refractivity contribution in [2.45, 2.75) is 44.7 Å². The van der Waals surface area contributed by atoms with Crippen molar-refractivity contribution in [2.24, 2.45) is 0 Å². The number of carbonyl (C=O) groups excluding carboxylic acids is 1. The maximum absolute atomic E-state index is 12.7. The van der Waals surface area contributed by atoms with Crippen molar-refractivity contribution in [3.8, 4) is 0 Å². The number of alkyl halides is 3. The second kappa shape index (κ2) is 7.44. The largest absolute Gasteiger partial charge is 0.401 e. The van der Waals surface area contributed by atoms with Gasteiger partial charge in [0.05, 0.1) is 11.4 Å². The van der Waals surface area contributed by atoms with Crippen LogP contribution in [-0.2, 0) is 12.8 Å². The molecule has 0 saturated carbocycles. The lowest BCUT2D eigenvalue weighted by molar-refractivity contribution is -0.145. The van der Waals surface area contributed by atoms with Gasteiger partial charge in [0.1, 0.15) is 0 Å². The third-order valence-electron chi connectivity index (χ3n) is 4.74.